The zero-order chi connectivity index (χ0) is 16.7. The van der Waals surface area contributed by atoms with Crippen LogP contribution in [0.15, 0.2) is 0 Å². The van der Waals surface area contributed by atoms with E-state index >= 15 is 0 Å². The minimum Gasteiger partial charge on any atom is -0.270 e. The summed E-state index contributed by atoms with van der Waals surface area (Å²) in [6, 6.07) is 0. The minimum atomic E-state index is -3.27. The molecule has 0 unspecified atom stereocenters. The topological polar surface area (TPSA) is 43.4 Å². The van der Waals surface area contributed by atoms with Gasteiger partial charge in [-0.2, -0.15) is 8.42 Å². The third-order valence-electron chi connectivity index (χ3n) is 6.13. The van der Waals surface area contributed by atoms with Crippen molar-refractivity contribution >= 4 is 10.1 Å². The molecule has 2 aliphatic carbocycles. The number of hydrogen-bond donors (Lipinski definition) is 0. The molecule has 0 N–H and O–H groups in total. The molecule has 0 bridgehead atoms. The Bertz CT molecular complexity index is 416. The largest absolute Gasteiger partial charge is 0.270 e. The highest BCUT2D eigenvalue weighted by Crippen LogP contribution is 2.37. The fraction of sp³-hybridized carbons (Fsp3) is 1.00. The fourth-order valence-corrected chi connectivity index (χ4v) is 5.03. The van der Waals surface area contributed by atoms with Crippen LogP contribution in [0.4, 0.5) is 0 Å². The van der Waals surface area contributed by atoms with Crippen LogP contribution in [0.3, 0.4) is 0 Å². The summed E-state index contributed by atoms with van der Waals surface area (Å²) in [6.07, 6.45) is 17.4. The van der Waals surface area contributed by atoms with Crippen molar-refractivity contribution in [2.75, 3.05) is 12.9 Å². The molecule has 0 radical (unpaired) electrons. The maximum absolute atomic E-state index is 11.1. The molecule has 0 aromatic carbocycles. The van der Waals surface area contributed by atoms with Crippen LogP contribution in [0.25, 0.3) is 0 Å². The van der Waals surface area contributed by atoms with Crippen molar-refractivity contribution in [1.29, 1.82) is 0 Å². The molecule has 0 spiro atoms. The number of hydrogen-bond acceptors (Lipinski definition) is 3. The highest BCUT2D eigenvalue weighted by atomic mass is 32.2. The molecule has 2 fully saturated rings. The van der Waals surface area contributed by atoms with Gasteiger partial charge in [-0.1, -0.05) is 71.1 Å². The van der Waals surface area contributed by atoms with Crippen LogP contribution >= 0.6 is 0 Å². The van der Waals surface area contributed by atoms with E-state index in [1.165, 1.54) is 64.2 Å². The molecule has 0 aromatic heterocycles. The molecule has 23 heavy (non-hydrogen) atoms. The summed E-state index contributed by atoms with van der Waals surface area (Å²) in [5, 5.41) is 0. The average molecular weight is 345 g/mol. The molecule has 136 valence electrons. The Morgan fingerprint density at radius 1 is 0.739 bits per heavy atom. The molecule has 0 atom stereocenters. The monoisotopic (exact) mass is 344 g/mol. The Kier molecular flexibility index (Phi) is 7.87. The zero-order valence-corrected chi connectivity index (χ0v) is 16.0. The molecule has 4 heteroatoms. The predicted octanol–water partition coefficient (Wildman–Crippen LogP) is 5.16. The molecule has 3 nitrogen and oxygen atoms in total. The molecule has 2 saturated carbocycles. The van der Waals surface area contributed by atoms with E-state index < -0.39 is 10.1 Å². The van der Waals surface area contributed by atoms with E-state index in [1.54, 1.807) is 0 Å². The van der Waals surface area contributed by atoms with Crippen molar-refractivity contribution in [3.8, 4) is 0 Å². The average Bonchev–Trinajstić information content (AvgIpc) is 2.53. The second kappa shape index (κ2) is 9.41. The molecule has 0 amide bonds. The number of rotatable bonds is 8. The zero-order valence-electron chi connectivity index (χ0n) is 15.1. The summed E-state index contributed by atoms with van der Waals surface area (Å²) >= 11 is 0. The first-order chi connectivity index (χ1) is 11.0. The second-order valence-corrected chi connectivity index (χ2v) is 9.77. The van der Waals surface area contributed by atoms with E-state index in [2.05, 4.69) is 6.92 Å². The van der Waals surface area contributed by atoms with Gasteiger partial charge in [-0.25, -0.2) is 0 Å². The highest BCUT2D eigenvalue weighted by molar-refractivity contribution is 7.85. The van der Waals surface area contributed by atoms with E-state index in [1.807, 2.05) is 0 Å². The van der Waals surface area contributed by atoms with Gasteiger partial charge in [0, 0.05) is 0 Å². The Hall–Kier alpha value is -0.0900. The first-order valence-electron chi connectivity index (χ1n) is 9.80. The Morgan fingerprint density at radius 2 is 1.13 bits per heavy atom. The van der Waals surface area contributed by atoms with Crippen molar-refractivity contribution in [2.24, 2.45) is 23.7 Å². The van der Waals surface area contributed by atoms with Crippen LogP contribution in [0, 0.1) is 23.7 Å². The molecular weight excluding hydrogens is 308 g/mol. The second-order valence-electron chi connectivity index (χ2n) is 8.13. The van der Waals surface area contributed by atoms with Gasteiger partial charge < -0.3 is 0 Å². The molecule has 0 aliphatic heterocycles. The van der Waals surface area contributed by atoms with Gasteiger partial charge in [-0.15, -0.1) is 0 Å². The van der Waals surface area contributed by atoms with Crippen LogP contribution in [-0.2, 0) is 14.3 Å². The maximum Gasteiger partial charge on any atom is 0.264 e. The van der Waals surface area contributed by atoms with Crippen LogP contribution in [0.2, 0.25) is 0 Å². The van der Waals surface area contributed by atoms with Crippen molar-refractivity contribution in [3.05, 3.63) is 0 Å². The third-order valence-corrected chi connectivity index (χ3v) is 6.69. The summed E-state index contributed by atoms with van der Waals surface area (Å²) < 4.78 is 27.1. The first kappa shape index (κ1) is 19.2. The van der Waals surface area contributed by atoms with Gasteiger partial charge in [0.2, 0.25) is 0 Å². The van der Waals surface area contributed by atoms with Crippen LogP contribution in [-0.4, -0.2) is 21.3 Å². The summed E-state index contributed by atoms with van der Waals surface area (Å²) in [6.45, 7) is 2.70. The minimum absolute atomic E-state index is 0.396. The SMILES string of the molecule is CCC[C@H]1CC[C@H](CCC2CCC(COS(C)(=O)=O)CC2)CC1. The Morgan fingerprint density at radius 3 is 1.52 bits per heavy atom. The van der Waals surface area contributed by atoms with Gasteiger partial charge in [0.15, 0.2) is 0 Å². The van der Waals surface area contributed by atoms with Gasteiger partial charge in [-0.05, 0) is 36.5 Å². The van der Waals surface area contributed by atoms with E-state index in [-0.39, 0.29) is 0 Å². The fourth-order valence-electron chi connectivity index (χ4n) is 4.60. The predicted molar refractivity (Wildman–Crippen MR) is 95.8 cm³/mol. The standard InChI is InChI=1S/C19H36O3S/c1-3-4-16-5-7-17(8-6-16)9-10-18-11-13-19(14-12-18)15-22-23(2,20)21/h16-19H,3-15H2,1-2H3/t16-,17-,18?,19?. The van der Waals surface area contributed by atoms with E-state index in [0.29, 0.717) is 12.5 Å². The molecular formula is C19H36O3S. The lowest BCUT2D eigenvalue weighted by Gasteiger charge is -2.31. The summed E-state index contributed by atoms with van der Waals surface area (Å²) in [7, 11) is -3.27. The lowest BCUT2D eigenvalue weighted by Crippen LogP contribution is -2.21. The molecule has 0 aromatic rings. The normalized spacial score (nSPS) is 32.8. The van der Waals surface area contributed by atoms with Gasteiger partial charge in [0.05, 0.1) is 12.9 Å². The molecule has 0 heterocycles. The van der Waals surface area contributed by atoms with Gasteiger partial charge in [-0.3, -0.25) is 4.18 Å². The quantitative estimate of drug-likeness (QED) is 0.571. The molecule has 2 aliphatic rings. The summed E-state index contributed by atoms with van der Waals surface area (Å²) in [5.74, 6) is 3.32. The maximum atomic E-state index is 11.1. The molecule has 2 rings (SSSR count). The van der Waals surface area contributed by atoms with E-state index in [4.69, 9.17) is 4.18 Å². The van der Waals surface area contributed by atoms with Crippen LogP contribution in [0.5, 0.6) is 0 Å². The lowest BCUT2D eigenvalue weighted by molar-refractivity contribution is 0.173. The molecule has 0 saturated heterocycles. The smallest absolute Gasteiger partial charge is 0.264 e. The van der Waals surface area contributed by atoms with E-state index in [9.17, 15) is 8.42 Å². The van der Waals surface area contributed by atoms with Crippen LogP contribution in [0.1, 0.15) is 84.0 Å². The first-order valence-corrected chi connectivity index (χ1v) is 11.6. The Labute approximate surface area is 143 Å². The van der Waals surface area contributed by atoms with Crippen LogP contribution < -0.4 is 0 Å². The van der Waals surface area contributed by atoms with Gasteiger partial charge >= 0.3 is 0 Å². The van der Waals surface area contributed by atoms with E-state index in [0.717, 1.165) is 36.9 Å². The van der Waals surface area contributed by atoms with Crippen molar-refractivity contribution in [1.82, 2.24) is 0 Å². The van der Waals surface area contributed by atoms with Gasteiger partial charge in [0.1, 0.15) is 0 Å². The Balaban J connectivity index is 1.56. The van der Waals surface area contributed by atoms with Gasteiger partial charge in [0.25, 0.3) is 10.1 Å². The summed E-state index contributed by atoms with van der Waals surface area (Å²) in [4.78, 5) is 0. The highest BCUT2D eigenvalue weighted by Gasteiger charge is 2.25. The third kappa shape index (κ3) is 7.55. The summed E-state index contributed by atoms with van der Waals surface area (Å²) in [5.41, 5.74) is 0. The lowest BCUT2D eigenvalue weighted by atomic mass is 9.75. The van der Waals surface area contributed by atoms with Crippen molar-refractivity contribution in [3.63, 3.8) is 0 Å². The van der Waals surface area contributed by atoms with Crippen molar-refractivity contribution < 1.29 is 12.6 Å². The van der Waals surface area contributed by atoms with Crippen molar-refractivity contribution in [2.45, 2.75) is 84.0 Å².